The first-order valence-electron chi connectivity index (χ1n) is 12.8. The molecule has 0 radical (unpaired) electrons. The number of benzene rings is 1. The minimum absolute atomic E-state index is 0.181. The first-order valence-corrected chi connectivity index (χ1v) is 12.8. The second-order valence-electron chi connectivity index (χ2n) is 8.57. The number of nitrogens with two attached hydrogens (primary N) is 3. The van der Waals surface area contributed by atoms with Crippen molar-refractivity contribution in [1.29, 1.82) is 0 Å². The summed E-state index contributed by atoms with van der Waals surface area (Å²) >= 11 is 0. The topological polar surface area (TPSA) is 148 Å². The summed E-state index contributed by atoms with van der Waals surface area (Å²) in [6, 6.07) is 8.16. The van der Waals surface area contributed by atoms with Gasteiger partial charge in [0.25, 0.3) is 0 Å². The number of nitrogens with one attached hydrogen (secondary N) is 2. The summed E-state index contributed by atoms with van der Waals surface area (Å²) in [6.45, 7) is 4.96. The lowest BCUT2D eigenvalue weighted by atomic mass is 10.1. The highest BCUT2D eigenvalue weighted by atomic mass is 16.5. The summed E-state index contributed by atoms with van der Waals surface area (Å²) in [6.07, 6.45) is 11.1. The van der Waals surface area contributed by atoms with E-state index >= 15 is 0 Å². The van der Waals surface area contributed by atoms with Gasteiger partial charge in [0.15, 0.2) is 11.9 Å². The molecular weight excluding hydrogens is 428 g/mol. The van der Waals surface area contributed by atoms with Gasteiger partial charge in [-0.25, -0.2) is 0 Å². The Labute approximate surface area is 204 Å². The molecule has 0 aromatic heterocycles. The average molecular weight is 473 g/mol. The largest absolute Gasteiger partial charge is 0.494 e. The van der Waals surface area contributed by atoms with Crippen molar-refractivity contribution in [3.63, 3.8) is 0 Å². The van der Waals surface area contributed by atoms with Gasteiger partial charge in [0.2, 0.25) is 0 Å². The quantitative estimate of drug-likeness (QED) is 0.134. The first-order chi connectivity index (χ1) is 16.6. The molecule has 9 heteroatoms. The molecule has 190 valence electrons. The van der Waals surface area contributed by atoms with Crippen molar-refractivity contribution in [3.8, 4) is 5.75 Å². The number of hydrogen-bond donors (Lipinski definition) is 5. The third kappa shape index (κ3) is 12.9. The molecular formula is C25H44N8O. The molecule has 1 heterocycles. The van der Waals surface area contributed by atoms with Gasteiger partial charge in [-0.1, -0.05) is 25.7 Å². The van der Waals surface area contributed by atoms with Crippen LogP contribution < -0.4 is 32.6 Å². The summed E-state index contributed by atoms with van der Waals surface area (Å²) in [4.78, 5) is 12.9. The Morgan fingerprint density at radius 2 is 1.56 bits per heavy atom. The van der Waals surface area contributed by atoms with Crippen molar-refractivity contribution < 1.29 is 4.74 Å². The molecule has 0 atom stereocenters. The van der Waals surface area contributed by atoms with E-state index < -0.39 is 0 Å². The fourth-order valence-electron chi connectivity index (χ4n) is 3.64. The molecule has 0 unspecified atom stereocenters. The van der Waals surface area contributed by atoms with Crippen LogP contribution in [0.4, 0.5) is 0 Å². The summed E-state index contributed by atoms with van der Waals surface area (Å²) in [7, 11) is 0. The molecule has 0 aliphatic carbocycles. The molecule has 0 saturated heterocycles. The van der Waals surface area contributed by atoms with E-state index in [9.17, 15) is 0 Å². The van der Waals surface area contributed by atoms with E-state index in [1.807, 2.05) is 12.1 Å². The number of nitrogens with zero attached hydrogens (tertiary/aromatic N) is 3. The predicted molar refractivity (Wildman–Crippen MR) is 143 cm³/mol. The zero-order valence-electron chi connectivity index (χ0n) is 20.6. The number of rotatable bonds is 17. The molecule has 34 heavy (non-hydrogen) atoms. The van der Waals surface area contributed by atoms with Crippen molar-refractivity contribution >= 4 is 17.8 Å². The minimum Gasteiger partial charge on any atom is -0.494 e. The van der Waals surface area contributed by atoms with Crippen LogP contribution in [-0.4, -0.2) is 57.1 Å². The van der Waals surface area contributed by atoms with E-state index in [-0.39, 0.29) is 5.96 Å². The summed E-state index contributed by atoms with van der Waals surface area (Å²) in [5.41, 5.74) is 17.7. The minimum atomic E-state index is 0.181. The van der Waals surface area contributed by atoms with Gasteiger partial charge < -0.3 is 32.6 Å². The van der Waals surface area contributed by atoms with Crippen LogP contribution in [0.25, 0.3) is 0 Å². The van der Waals surface area contributed by atoms with Crippen LogP contribution in [0.1, 0.15) is 69.8 Å². The Hall–Kier alpha value is -2.97. The zero-order chi connectivity index (χ0) is 24.3. The maximum absolute atomic E-state index is 5.95. The molecule has 1 aromatic carbocycles. The van der Waals surface area contributed by atoms with Crippen LogP contribution in [0.5, 0.6) is 5.75 Å². The van der Waals surface area contributed by atoms with Gasteiger partial charge in [-0.15, -0.1) is 0 Å². The average Bonchev–Trinajstić information content (AvgIpc) is 2.85. The monoisotopic (exact) mass is 472 g/mol. The predicted octanol–water partition coefficient (Wildman–Crippen LogP) is 2.49. The maximum atomic E-state index is 5.95. The molecule has 0 amide bonds. The lowest BCUT2D eigenvalue weighted by Crippen LogP contribution is -2.32. The summed E-state index contributed by atoms with van der Waals surface area (Å²) in [5, 5.41) is 6.54. The normalized spacial score (nSPS) is 13.6. The van der Waals surface area contributed by atoms with Crippen molar-refractivity contribution in [2.45, 2.75) is 64.2 Å². The van der Waals surface area contributed by atoms with E-state index in [4.69, 9.17) is 21.9 Å². The second-order valence-corrected chi connectivity index (χ2v) is 8.57. The first kappa shape index (κ1) is 27.3. The number of hydrogen-bond acceptors (Lipinski definition) is 5. The lowest BCUT2D eigenvalue weighted by molar-refractivity contribution is 0.305. The lowest BCUT2D eigenvalue weighted by Gasteiger charge is -2.15. The SMILES string of the molecule is NC(N)=NCCCCCCCCNC(N)=NCCCCCOc1ccc(C2=NCCCN2)cc1. The Kier molecular flexibility index (Phi) is 14.0. The van der Waals surface area contributed by atoms with E-state index in [0.717, 1.165) is 88.4 Å². The van der Waals surface area contributed by atoms with Crippen LogP contribution in [0.2, 0.25) is 0 Å². The van der Waals surface area contributed by atoms with Gasteiger partial charge in [0.05, 0.1) is 6.61 Å². The molecule has 2 rings (SSSR count). The van der Waals surface area contributed by atoms with Crippen molar-refractivity contribution in [2.24, 2.45) is 32.2 Å². The standard InChI is InChI=1S/C25H44N8O/c26-24(27)31-15-6-3-1-2-4-7-16-32-25(28)33-17-8-5-9-20-34-22-13-11-21(12-14-22)23-29-18-10-19-30-23/h11-14H,1-10,15-20H2,(H,29,30)(H4,26,27,31)(H3,28,32,33). The van der Waals surface area contributed by atoms with E-state index in [2.05, 4.69) is 37.7 Å². The Morgan fingerprint density at radius 3 is 2.26 bits per heavy atom. The Morgan fingerprint density at radius 1 is 0.882 bits per heavy atom. The maximum Gasteiger partial charge on any atom is 0.188 e. The molecule has 0 saturated carbocycles. The number of ether oxygens (including phenoxy) is 1. The van der Waals surface area contributed by atoms with Crippen molar-refractivity contribution in [3.05, 3.63) is 29.8 Å². The van der Waals surface area contributed by atoms with Gasteiger partial charge in [-0.05, 0) is 62.8 Å². The third-order valence-electron chi connectivity index (χ3n) is 5.56. The van der Waals surface area contributed by atoms with Crippen molar-refractivity contribution in [1.82, 2.24) is 10.6 Å². The number of amidine groups is 1. The molecule has 1 aliphatic rings. The van der Waals surface area contributed by atoms with Gasteiger partial charge in [0.1, 0.15) is 11.6 Å². The highest BCUT2D eigenvalue weighted by molar-refractivity contribution is 5.99. The molecule has 1 aromatic rings. The number of aliphatic imine (C=N–C) groups is 3. The van der Waals surface area contributed by atoms with Crippen LogP contribution in [0.15, 0.2) is 39.2 Å². The van der Waals surface area contributed by atoms with Gasteiger partial charge in [-0.3, -0.25) is 15.0 Å². The Balaban J connectivity index is 1.40. The van der Waals surface area contributed by atoms with E-state index in [1.165, 1.54) is 25.7 Å². The zero-order valence-corrected chi connectivity index (χ0v) is 20.6. The van der Waals surface area contributed by atoms with E-state index in [0.29, 0.717) is 12.6 Å². The summed E-state index contributed by atoms with van der Waals surface area (Å²) in [5.74, 6) is 2.61. The highest BCUT2D eigenvalue weighted by Crippen LogP contribution is 2.14. The van der Waals surface area contributed by atoms with Gasteiger partial charge in [-0.2, -0.15) is 0 Å². The molecule has 1 aliphatic heterocycles. The molecule has 0 bridgehead atoms. The second kappa shape index (κ2) is 17.5. The van der Waals surface area contributed by atoms with Gasteiger partial charge in [0, 0.05) is 38.3 Å². The number of guanidine groups is 2. The van der Waals surface area contributed by atoms with Crippen LogP contribution >= 0.6 is 0 Å². The van der Waals surface area contributed by atoms with E-state index in [1.54, 1.807) is 0 Å². The fraction of sp³-hybridized carbons (Fsp3) is 0.640. The van der Waals surface area contributed by atoms with Crippen LogP contribution in [0.3, 0.4) is 0 Å². The molecule has 8 N–H and O–H groups in total. The van der Waals surface area contributed by atoms with Crippen LogP contribution in [0, 0.1) is 0 Å². The molecule has 9 nitrogen and oxygen atoms in total. The van der Waals surface area contributed by atoms with Crippen molar-refractivity contribution in [2.75, 3.05) is 39.3 Å². The highest BCUT2D eigenvalue weighted by Gasteiger charge is 2.06. The number of unbranched alkanes of at least 4 members (excludes halogenated alkanes) is 7. The Bertz CT molecular complexity index is 757. The molecule has 0 spiro atoms. The smallest absolute Gasteiger partial charge is 0.188 e. The molecule has 0 fully saturated rings. The summed E-state index contributed by atoms with van der Waals surface area (Å²) < 4.78 is 5.85. The third-order valence-corrected chi connectivity index (χ3v) is 5.56. The van der Waals surface area contributed by atoms with Gasteiger partial charge >= 0.3 is 0 Å². The fourth-order valence-corrected chi connectivity index (χ4v) is 3.64. The van der Waals surface area contributed by atoms with Crippen LogP contribution in [-0.2, 0) is 0 Å².